The molecule has 2 aromatic carbocycles. The van der Waals surface area contributed by atoms with Crippen LogP contribution in [0.4, 0.5) is 0 Å². The molecule has 0 radical (unpaired) electrons. The van der Waals surface area contributed by atoms with Crippen molar-refractivity contribution in [2.45, 2.75) is 0 Å². The van der Waals surface area contributed by atoms with Crippen molar-refractivity contribution in [2.24, 2.45) is 0 Å². The summed E-state index contributed by atoms with van der Waals surface area (Å²) in [4.78, 5) is 4.53. The molecule has 0 bridgehead atoms. The zero-order valence-corrected chi connectivity index (χ0v) is 13.0. The normalized spacial score (nSPS) is 11.1. The van der Waals surface area contributed by atoms with E-state index in [0.29, 0.717) is 5.89 Å². The Kier molecular flexibility index (Phi) is 2.99. The van der Waals surface area contributed by atoms with Crippen LogP contribution in [0.15, 0.2) is 59.1 Å². The Morgan fingerprint density at radius 2 is 1.76 bits per heavy atom. The van der Waals surface area contributed by atoms with Gasteiger partial charge < -0.3 is 4.42 Å². The largest absolute Gasteiger partial charge is 0.436 e. The molecule has 4 aromatic rings. The molecule has 0 atom stereocenters. The minimum absolute atomic E-state index is 0.642. The summed E-state index contributed by atoms with van der Waals surface area (Å²) in [6.45, 7) is 0. The molecule has 0 aliphatic heterocycles. The van der Waals surface area contributed by atoms with Gasteiger partial charge in [0.05, 0.1) is 5.69 Å². The zero-order chi connectivity index (χ0) is 14.2. The number of nitrogens with zero attached hydrogens (tertiary/aromatic N) is 2. The Morgan fingerprint density at radius 1 is 0.952 bits per heavy atom. The first-order valence-electron chi connectivity index (χ1n) is 6.46. The van der Waals surface area contributed by atoms with E-state index in [-0.39, 0.29) is 0 Å². The number of aromatic nitrogens is 3. The van der Waals surface area contributed by atoms with Crippen LogP contribution in [0, 0.1) is 3.57 Å². The van der Waals surface area contributed by atoms with Crippen molar-refractivity contribution in [1.29, 1.82) is 0 Å². The van der Waals surface area contributed by atoms with Crippen molar-refractivity contribution in [2.75, 3.05) is 0 Å². The Labute approximate surface area is 134 Å². The topological polar surface area (TPSA) is 54.7 Å². The average molecular weight is 387 g/mol. The Hall–Kier alpha value is -2.15. The van der Waals surface area contributed by atoms with Gasteiger partial charge in [-0.05, 0) is 64.6 Å². The maximum atomic E-state index is 5.83. The molecule has 0 fully saturated rings. The molecule has 4 nitrogen and oxygen atoms in total. The van der Waals surface area contributed by atoms with Crippen molar-refractivity contribution in [3.8, 4) is 22.7 Å². The lowest BCUT2D eigenvalue weighted by atomic mass is 10.1. The van der Waals surface area contributed by atoms with Crippen molar-refractivity contribution in [3.05, 3.63) is 58.3 Å². The van der Waals surface area contributed by atoms with E-state index in [9.17, 15) is 0 Å². The summed E-state index contributed by atoms with van der Waals surface area (Å²) in [5, 5.41) is 6.91. The molecule has 2 aromatic heterocycles. The third-order valence-corrected chi connectivity index (χ3v) is 3.97. The van der Waals surface area contributed by atoms with Gasteiger partial charge in [0, 0.05) is 15.3 Å². The van der Waals surface area contributed by atoms with Crippen LogP contribution in [0.2, 0.25) is 0 Å². The van der Waals surface area contributed by atoms with Gasteiger partial charge in [-0.1, -0.05) is 12.1 Å². The number of fused-ring (bicyclic) bond motifs is 1. The lowest BCUT2D eigenvalue weighted by Crippen LogP contribution is -1.80. The molecule has 4 rings (SSSR count). The monoisotopic (exact) mass is 387 g/mol. The van der Waals surface area contributed by atoms with Gasteiger partial charge in [-0.2, -0.15) is 5.10 Å². The fourth-order valence-electron chi connectivity index (χ4n) is 2.23. The molecule has 0 amide bonds. The third kappa shape index (κ3) is 2.33. The highest BCUT2D eigenvalue weighted by Gasteiger charge is 2.09. The van der Waals surface area contributed by atoms with E-state index in [2.05, 4.69) is 37.8 Å². The predicted molar refractivity (Wildman–Crippen MR) is 89.7 cm³/mol. The number of oxazole rings is 1. The van der Waals surface area contributed by atoms with Crippen molar-refractivity contribution >= 4 is 33.7 Å². The summed E-state index contributed by atoms with van der Waals surface area (Å²) in [7, 11) is 0. The molecule has 5 heteroatoms. The fourth-order valence-corrected chi connectivity index (χ4v) is 2.69. The van der Waals surface area contributed by atoms with Gasteiger partial charge in [0.25, 0.3) is 0 Å². The number of hydrogen-bond acceptors (Lipinski definition) is 3. The number of benzene rings is 2. The second-order valence-corrected chi connectivity index (χ2v) is 5.92. The SMILES string of the molecule is Ic1ccc2nc(-c3ccc(-c4ccn[nH]4)cc3)oc2c1. The molecule has 0 saturated heterocycles. The van der Waals surface area contributed by atoms with Crippen LogP contribution in [-0.4, -0.2) is 15.2 Å². The maximum Gasteiger partial charge on any atom is 0.227 e. The summed E-state index contributed by atoms with van der Waals surface area (Å²) in [6.07, 6.45) is 1.74. The van der Waals surface area contributed by atoms with Gasteiger partial charge in [-0.25, -0.2) is 4.98 Å². The number of halogens is 1. The van der Waals surface area contributed by atoms with Gasteiger partial charge in [0.1, 0.15) is 5.52 Å². The highest BCUT2D eigenvalue weighted by atomic mass is 127. The number of hydrogen-bond donors (Lipinski definition) is 1. The second kappa shape index (κ2) is 5.00. The highest BCUT2D eigenvalue weighted by molar-refractivity contribution is 14.1. The molecule has 0 aliphatic carbocycles. The summed E-state index contributed by atoms with van der Waals surface area (Å²) in [5.74, 6) is 0.642. The summed E-state index contributed by atoms with van der Waals surface area (Å²) in [5.41, 5.74) is 4.73. The summed E-state index contributed by atoms with van der Waals surface area (Å²) in [6, 6.07) is 16.0. The van der Waals surface area contributed by atoms with E-state index in [0.717, 1.165) is 31.5 Å². The number of H-pyrrole nitrogens is 1. The number of nitrogens with one attached hydrogen (secondary N) is 1. The zero-order valence-electron chi connectivity index (χ0n) is 10.9. The first-order valence-corrected chi connectivity index (χ1v) is 7.54. The first-order chi connectivity index (χ1) is 10.3. The van der Waals surface area contributed by atoms with Crippen LogP contribution in [0.25, 0.3) is 33.8 Å². The van der Waals surface area contributed by atoms with E-state index >= 15 is 0 Å². The van der Waals surface area contributed by atoms with Crippen LogP contribution in [0.5, 0.6) is 0 Å². The van der Waals surface area contributed by atoms with E-state index < -0.39 is 0 Å². The van der Waals surface area contributed by atoms with Gasteiger partial charge in [0.2, 0.25) is 5.89 Å². The third-order valence-electron chi connectivity index (χ3n) is 3.29. The number of aromatic amines is 1. The standard InChI is InChI=1S/C16H10IN3O/c17-12-5-6-14-15(9-12)21-16(19-14)11-3-1-10(2-4-11)13-7-8-18-20-13/h1-9H,(H,18,20). The first kappa shape index (κ1) is 12.6. The van der Waals surface area contributed by atoms with Gasteiger partial charge in [0.15, 0.2) is 5.58 Å². The lowest BCUT2D eigenvalue weighted by Gasteiger charge is -1.99. The Morgan fingerprint density at radius 3 is 2.52 bits per heavy atom. The Bertz CT molecular complexity index is 895. The predicted octanol–water partition coefficient (Wildman–Crippen LogP) is 4.49. The molecule has 0 aliphatic rings. The van der Waals surface area contributed by atoms with Gasteiger partial charge >= 0.3 is 0 Å². The van der Waals surface area contributed by atoms with Crippen LogP contribution >= 0.6 is 22.6 Å². The maximum absolute atomic E-state index is 5.83. The van der Waals surface area contributed by atoms with Crippen molar-refractivity contribution in [1.82, 2.24) is 15.2 Å². The molecule has 2 heterocycles. The molecular weight excluding hydrogens is 377 g/mol. The second-order valence-electron chi connectivity index (χ2n) is 4.68. The van der Waals surface area contributed by atoms with Crippen LogP contribution in [0.1, 0.15) is 0 Å². The summed E-state index contributed by atoms with van der Waals surface area (Å²) < 4.78 is 6.97. The van der Waals surface area contributed by atoms with Crippen LogP contribution in [-0.2, 0) is 0 Å². The molecule has 1 N–H and O–H groups in total. The fraction of sp³-hybridized carbons (Fsp3) is 0. The van der Waals surface area contributed by atoms with Crippen LogP contribution in [0.3, 0.4) is 0 Å². The van der Waals surface area contributed by atoms with Crippen LogP contribution < -0.4 is 0 Å². The van der Waals surface area contributed by atoms with Crippen molar-refractivity contribution in [3.63, 3.8) is 0 Å². The van der Waals surface area contributed by atoms with Gasteiger partial charge in [-0.15, -0.1) is 0 Å². The van der Waals surface area contributed by atoms with Crippen molar-refractivity contribution < 1.29 is 4.42 Å². The lowest BCUT2D eigenvalue weighted by molar-refractivity contribution is 0.619. The number of rotatable bonds is 2. The molecule has 102 valence electrons. The molecule has 0 saturated carbocycles. The van der Waals surface area contributed by atoms with E-state index in [1.807, 2.05) is 48.5 Å². The minimum Gasteiger partial charge on any atom is -0.436 e. The molecule has 0 spiro atoms. The van der Waals surface area contributed by atoms with Gasteiger partial charge in [-0.3, -0.25) is 5.10 Å². The average Bonchev–Trinajstić information content (AvgIpc) is 3.16. The van der Waals surface area contributed by atoms with E-state index in [1.54, 1.807) is 6.20 Å². The highest BCUT2D eigenvalue weighted by Crippen LogP contribution is 2.27. The van der Waals surface area contributed by atoms with E-state index in [4.69, 9.17) is 4.42 Å². The molecule has 0 unspecified atom stereocenters. The molecule has 21 heavy (non-hydrogen) atoms. The molecular formula is C16H10IN3O. The Balaban J connectivity index is 1.74. The summed E-state index contributed by atoms with van der Waals surface area (Å²) >= 11 is 2.26. The van der Waals surface area contributed by atoms with E-state index in [1.165, 1.54) is 0 Å². The smallest absolute Gasteiger partial charge is 0.227 e. The quantitative estimate of drug-likeness (QED) is 0.516. The minimum atomic E-state index is 0.642.